The second-order valence-corrected chi connectivity index (χ2v) is 6.48. The van der Waals surface area contributed by atoms with E-state index in [9.17, 15) is 0 Å². The molecule has 0 aromatic heterocycles. The maximum Gasteiger partial charge on any atom is 0.156 e. The molecule has 4 heteroatoms. The summed E-state index contributed by atoms with van der Waals surface area (Å²) in [6.45, 7) is 8.77. The van der Waals surface area contributed by atoms with Crippen molar-refractivity contribution in [3.63, 3.8) is 0 Å². The van der Waals surface area contributed by atoms with Gasteiger partial charge in [-0.25, -0.2) is 0 Å². The third-order valence-electron chi connectivity index (χ3n) is 2.36. The lowest BCUT2D eigenvalue weighted by Crippen LogP contribution is -2.26. The Hall–Kier alpha value is 0.170. The quantitative estimate of drug-likeness (QED) is 0.806. The largest absolute Gasteiger partial charge is 0.364 e. The van der Waals surface area contributed by atoms with Gasteiger partial charge >= 0.3 is 0 Å². The van der Waals surface area contributed by atoms with Crippen LogP contribution in [0.2, 0.25) is 0 Å². The summed E-state index contributed by atoms with van der Waals surface area (Å²) in [5.74, 6) is 0.723. The van der Waals surface area contributed by atoms with Gasteiger partial charge in [-0.1, -0.05) is 32.5 Å². The fraction of sp³-hybridized carbons (Fsp3) is 0.900. The molecule has 0 aliphatic carbocycles. The number of hydrogen-bond donors (Lipinski definition) is 1. The maximum atomic E-state index is 4.50. The van der Waals surface area contributed by atoms with E-state index in [1.54, 1.807) is 0 Å². The molecule has 0 radical (unpaired) electrons. The van der Waals surface area contributed by atoms with Crippen molar-refractivity contribution in [3.8, 4) is 0 Å². The minimum Gasteiger partial charge on any atom is -0.364 e. The van der Waals surface area contributed by atoms with Gasteiger partial charge in [0.25, 0.3) is 0 Å². The minimum atomic E-state index is 0.663. The Morgan fingerprint density at radius 2 is 2.29 bits per heavy atom. The van der Waals surface area contributed by atoms with E-state index in [4.69, 9.17) is 0 Å². The third kappa shape index (κ3) is 3.73. The predicted octanol–water partition coefficient (Wildman–Crippen LogP) is 2.45. The van der Waals surface area contributed by atoms with Gasteiger partial charge in [-0.15, -0.1) is 0 Å². The van der Waals surface area contributed by atoms with Gasteiger partial charge in [-0.2, -0.15) is 11.8 Å². The molecule has 0 saturated heterocycles. The van der Waals surface area contributed by atoms with Crippen molar-refractivity contribution in [2.45, 2.75) is 31.3 Å². The van der Waals surface area contributed by atoms with Crippen LogP contribution in [-0.4, -0.2) is 35.0 Å². The summed E-state index contributed by atoms with van der Waals surface area (Å²) in [6.07, 6.45) is 2.15. The number of nitrogens with zero attached hydrogens (tertiary/aromatic N) is 1. The predicted molar refractivity (Wildman–Crippen MR) is 69.5 cm³/mol. The van der Waals surface area contributed by atoms with Crippen molar-refractivity contribution in [2.24, 2.45) is 10.9 Å². The van der Waals surface area contributed by atoms with Gasteiger partial charge in [0.15, 0.2) is 5.17 Å². The minimum absolute atomic E-state index is 0.663. The first kappa shape index (κ1) is 12.2. The van der Waals surface area contributed by atoms with Gasteiger partial charge in [-0.05, 0) is 12.2 Å². The van der Waals surface area contributed by atoms with Gasteiger partial charge in [0.1, 0.15) is 0 Å². The first-order valence-electron chi connectivity index (χ1n) is 5.11. The normalized spacial score (nSPS) is 23.8. The van der Waals surface area contributed by atoms with Crippen molar-refractivity contribution >= 4 is 28.7 Å². The zero-order chi connectivity index (χ0) is 10.6. The van der Waals surface area contributed by atoms with Gasteiger partial charge in [-0.3, -0.25) is 4.99 Å². The van der Waals surface area contributed by atoms with E-state index >= 15 is 0 Å². The molecule has 1 heterocycles. The van der Waals surface area contributed by atoms with Crippen molar-refractivity contribution in [1.29, 1.82) is 0 Å². The molecule has 1 aliphatic rings. The highest BCUT2D eigenvalue weighted by Gasteiger charge is 2.22. The highest BCUT2D eigenvalue weighted by Crippen LogP contribution is 2.25. The maximum absolute atomic E-state index is 4.50. The zero-order valence-corrected chi connectivity index (χ0v) is 11.0. The summed E-state index contributed by atoms with van der Waals surface area (Å²) in [5.41, 5.74) is 0. The molecule has 14 heavy (non-hydrogen) atoms. The van der Waals surface area contributed by atoms with Crippen LogP contribution in [0.4, 0.5) is 0 Å². The zero-order valence-electron chi connectivity index (χ0n) is 9.41. The van der Waals surface area contributed by atoms with Crippen LogP contribution in [0.15, 0.2) is 4.99 Å². The van der Waals surface area contributed by atoms with Crippen LogP contribution in [0.3, 0.4) is 0 Å². The number of thioether (sulfide) groups is 2. The Labute approximate surface area is 95.7 Å². The van der Waals surface area contributed by atoms with Crippen LogP contribution in [-0.2, 0) is 0 Å². The number of rotatable bonds is 4. The lowest BCUT2D eigenvalue weighted by atomic mass is 10.1. The summed E-state index contributed by atoms with van der Waals surface area (Å²) < 4.78 is 0. The van der Waals surface area contributed by atoms with E-state index in [2.05, 4.69) is 37.3 Å². The van der Waals surface area contributed by atoms with E-state index in [-0.39, 0.29) is 0 Å². The van der Waals surface area contributed by atoms with Crippen LogP contribution in [0, 0.1) is 5.92 Å². The van der Waals surface area contributed by atoms with Crippen molar-refractivity contribution in [3.05, 3.63) is 0 Å². The lowest BCUT2D eigenvalue weighted by Gasteiger charge is -2.13. The van der Waals surface area contributed by atoms with Crippen LogP contribution in [0.25, 0.3) is 0 Å². The monoisotopic (exact) mass is 232 g/mol. The van der Waals surface area contributed by atoms with Crippen LogP contribution < -0.4 is 5.32 Å². The standard InChI is InChI=1S/C10H20N2S2/c1-7(2)9-6-12-10(14-9)11-5-8(3)13-4/h7-9H,5-6H2,1-4H3,(H,11,12). The Bertz CT molecular complexity index is 204. The Kier molecular flexibility index (Phi) is 5.17. The van der Waals surface area contributed by atoms with Crippen molar-refractivity contribution < 1.29 is 0 Å². The van der Waals surface area contributed by atoms with Gasteiger partial charge in [0, 0.05) is 17.0 Å². The third-order valence-corrected chi connectivity index (χ3v) is 4.83. The van der Waals surface area contributed by atoms with E-state index in [1.165, 1.54) is 0 Å². The Morgan fingerprint density at radius 3 is 2.79 bits per heavy atom. The molecular formula is C10H20N2S2. The van der Waals surface area contributed by atoms with Crippen LogP contribution in [0.5, 0.6) is 0 Å². The van der Waals surface area contributed by atoms with Crippen LogP contribution >= 0.6 is 23.5 Å². The molecule has 1 N–H and O–H groups in total. The van der Waals surface area contributed by atoms with Crippen molar-refractivity contribution in [1.82, 2.24) is 5.32 Å². The smallest absolute Gasteiger partial charge is 0.156 e. The molecule has 2 nitrogen and oxygen atoms in total. The molecule has 0 saturated carbocycles. The molecule has 2 unspecified atom stereocenters. The lowest BCUT2D eigenvalue weighted by molar-refractivity contribution is 0.621. The topological polar surface area (TPSA) is 24.4 Å². The van der Waals surface area contributed by atoms with Gasteiger partial charge in [0.2, 0.25) is 0 Å². The Morgan fingerprint density at radius 1 is 1.57 bits per heavy atom. The fourth-order valence-electron chi connectivity index (χ4n) is 1.15. The van der Waals surface area contributed by atoms with E-state index < -0.39 is 0 Å². The molecule has 0 spiro atoms. The second-order valence-electron chi connectivity index (χ2n) is 3.97. The average Bonchev–Trinajstić information content (AvgIpc) is 2.62. The molecule has 0 bridgehead atoms. The molecular weight excluding hydrogens is 212 g/mol. The van der Waals surface area contributed by atoms with Crippen molar-refractivity contribution in [2.75, 3.05) is 19.3 Å². The van der Waals surface area contributed by atoms with E-state index in [0.717, 1.165) is 24.2 Å². The molecule has 2 atom stereocenters. The Balaban J connectivity index is 2.22. The molecule has 82 valence electrons. The summed E-state index contributed by atoms with van der Waals surface area (Å²) >= 11 is 3.79. The second kappa shape index (κ2) is 5.91. The van der Waals surface area contributed by atoms with E-state index in [0.29, 0.717) is 10.5 Å². The number of amidine groups is 1. The fourth-order valence-corrected chi connectivity index (χ4v) is 2.42. The molecule has 0 aromatic rings. The number of aliphatic imine (C=N–C) groups is 1. The first-order chi connectivity index (χ1) is 6.63. The van der Waals surface area contributed by atoms with Crippen LogP contribution in [0.1, 0.15) is 20.8 Å². The number of hydrogen-bond acceptors (Lipinski definition) is 4. The SMILES string of the molecule is CSC(C)CNC1=NCC(C(C)C)S1. The summed E-state index contributed by atoms with van der Waals surface area (Å²) in [5, 5.41) is 5.90. The summed E-state index contributed by atoms with van der Waals surface area (Å²) in [4.78, 5) is 4.50. The average molecular weight is 232 g/mol. The summed E-state index contributed by atoms with van der Waals surface area (Å²) in [6, 6.07) is 0. The van der Waals surface area contributed by atoms with Gasteiger partial charge in [0.05, 0.1) is 6.54 Å². The molecule has 0 amide bonds. The molecule has 1 aliphatic heterocycles. The number of nitrogens with one attached hydrogen (secondary N) is 1. The summed E-state index contributed by atoms with van der Waals surface area (Å²) in [7, 11) is 0. The molecule has 1 rings (SSSR count). The highest BCUT2D eigenvalue weighted by atomic mass is 32.2. The first-order valence-corrected chi connectivity index (χ1v) is 7.28. The van der Waals surface area contributed by atoms with Gasteiger partial charge < -0.3 is 5.32 Å². The molecule has 0 aromatic carbocycles. The molecule has 0 fully saturated rings. The highest BCUT2D eigenvalue weighted by molar-refractivity contribution is 8.14. The van der Waals surface area contributed by atoms with E-state index in [1.807, 2.05) is 23.5 Å².